The Kier molecular flexibility index (Phi) is 3.79. The van der Waals surface area contributed by atoms with Crippen molar-refractivity contribution in [1.29, 1.82) is 0 Å². The minimum absolute atomic E-state index is 0.446. The van der Waals surface area contributed by atoms with Crippen LogP contribution in [0.2, 0.25) is 0 Å². The van der Waals surface area contributed by atoms with Crippen LogP contribution in [0.25, 0.3) is 0 Å². The molecular weight excluding hydrogens is 170 g/mol. The molecule has 3 nitrogen and oxygen atoms in total. The molecule has 0 aliphatic rings. The van der Waals surface area contributed by atoms with Gasteiger partial charge in [-0.3, -0.25) is 9.59 Å². The second-order valence-electron chi connectivity index (χ2n) is 2.50. The summed E-state index contributed by atoms with van der Waals surface area (Å²) in [7, 11) is 0. The van der Waals surface area contributed by atoms with Gasteiger partial charge >= 0.3 is 5.97 Å². The fourth-order valence-corrected chi connectivity index (χ4v) is 0.645. The maximum atomic E-state index is 12.4. The fraction of sp³-hybridized carbons (Fsp3) is 0.714. The Labute approximate surface area is 68.4 Å². The number of aliphatic carboxylic acids is 1. The smallest absolute Gasteiger partial charge is 0.310 e. The van der Waals surface area contributed by atoms with Crippen molar-refractivity contribution in [2.45, 2.75) is 32.1 Å². The number of Topliss-reactive ketones (excluding diaryl/α,β-unsaturated/α-hetero) is 1. The molecule has 0 saturated heterocycles. The van der Waals surface area contributed by atoms with E-state index >= 15 is 0 Å². The van der Waals surface area contributed by atoms with Crippen molar-refractivity contribution in [3.05, 3.63) is 0 Å². The molecule has 0 unspecified atom stereocenters. The normalized spacial score (nSPS) is 11.2. The minimum atomic E-state index is -3.06. The Morgan fingerprint density at radius 2 is 1.92 bits per heavy atom. The van der Waals surface area contributed by atoms with Crippen molar-refractivity contribution in [2.75, 3.05) is 0 Å². The second kappa shape index (κ2) is 4.13. The highest BCUT2D eigenvalue weighted by Crippen LogP contribution is 2.22. The molecule has 0 bridgehead atoms. The molecule has 0 rings (SSSR count). The van der Waals surface area contributed by atoms with Crippen LogP contribution >= 0.6 is 0 Å². The van der Waals surface area contributed by atoms with Gasteiger partial charge in [-0.15, -0.1) is 0 Å². The average molecular weight is 180 g/mol. The molecule has 0 aromatic rings. The number of alkyl halides is 2. The summed E-state index contributed by atoms with van der Waals surface area (Å²) >= 11 is 0. The van der Waals surface area contributed by atoms with Crippen LogP contribution in [-0.4, -0.2) is 22.8 Å². The quantitative estimate of drug-likeness (QED) is 0.651. The summed E-state index contributed by atoms with van der Waals surface area (Å²) < 4.78 is 24.9. The highest BCUT2D eigenvalue weighted by atomic mass is 19.3. The Bertz CT molecular complexity index is 189. The number of carbonyl (C=O) groups is 2. The molecule has 12 heavy (non-hydrogen) atoms. The van der Waals surface area contributed by atoms with E-state index in [0.717, 1.165) is 0 Å². The Balaban J connectivity index is 3.92. The number of hydrogen-bond acceptors (Lipinski definition) is 2. The largest absolute Gasteiger partial charge is 0.481 e. The summed E-state index contributed by atoms with van der Waals surface area (Å²) in [6, 6.07) is 0. The molecule has 0 heterocycles. The zero-order valence-corrected chi connectivity index (χ0v) is 6.64. The van der Waals surface area contributed by atoms with E-state index in [1.54, 1.807) is 0 Å². The van der Waals surface area contributed by atoms with E-state index in [4.69, 9.17) is 5.11 Å². The van der Waals surface area contributed by atoms with Gasteiger partial charge in [0, 0.05) is 6.42 Å². The third kappa shape index (κ3) is 4.76. The number of rotatable bonds is 5. The highest BCUT2D eigenvalue weighted by Gasteiger charge is 2.30. The van der Waals surface area contributed by atoms with Crippen LogP contribution in [0.5, 0.6) is 0 Å². The van der Waals surface area contributed by atoms with E-state index in [1.165, 1.54) is 6.92 Å². The van der Waals surface area contributed by atoms with Gasteiger partial charge in [-0.05, 0) is 0 Å². The van der Waals surface area contributed by atoms with E-state index in [0.29, 0.717) is 0 Å². The number of hydrogen-bond donors (Lipinski definition) is 1. The highest BCUT2D eigenvalue weighted by molar-refractivity contribution is 5.95. The lowest BCUT2D eigenvalue weighted by atomic mass is 10.1. The van der Waals surface area contributed by atoms with E-state index in [2.05, 4.69) is 0 Å². The van der Waals surface area contributed by atoms with Gasteiger partial charge in [0.1, 0.15) is 12.2 Å². The monoisotopic (exact) mass is 180 g/mol. The molecular formula is C7H10F2O3. The Morgan fingerprint density at radius 3 is 2.25 bits per heavy atom. The summed E-state index contributed by atoms with van der Waals surface area (Å²) in [6.45, 7) is 1.24. The van der Waals surface area contributed by atoms with Gasteiger partial charge in [0.2, 0.25) is 0 Å². The molecule has 0 atom stereocenters. The fourth-order valence-electron chi connectivity index (χ4n) is 0.645. The van der Waals surface area contributed by atoms with Crippen molar-refractivity contribution in [3.8, 4) is 0 Å². The molecule has 0 radical (unpaired) electrons. The number of carbonyl (C=O) groups excluding carboxylic acids is 1. The molecule has 0 aromatic heterocycles. The first kappa shape index (κ1) is 11.0. The molecule has 5 heteroatoms. The zero-order chi connectivity index (χ0) is 9.78. The third-order valence-corrected chi connectivity index (χ3v) is 1.32. The van der Waals surface area contributed by atoms with Crippen LogP contribution in [0.1, 0.15) is 26.2 Å². The zero-order valence-electron chi connectivity index (χ0n) is 6.64. The summed E-state index contributed by atoms with van der Waals surface area (Å²) in [5.41, 5.74) is 0. The van der Waals surface area contributed by atoms with E-state index < -0.39 is 36.9 Å². The van der Waals surface area contributed by atoms with Gasteiger partial charge in [-0.1, -0.05) is 6.92 Å². The van der Waals surface area contributed by atoms with Crippen LogP contribution in [0.4, 0.5) is 8.78 Å². The van der Waals surface area contributed by atoms with E-state index in [1.807, 2.05) is 0 Å². The van der Waals surface area contributed by atoms with Crippen LogP contribution in [-0.2, 0) is 9.59 Å². The molecule has 70 valence electrons. The summed E-state index contributed by atoms with van der Waals surface area (Å²) in [5.74, 6) is -5.37. The lowest BCUT2D eigenvalue weighted by Gasteiger charge is -2.11. The first-order chi connectivity index (χ1) is 5.37. The predicted molar refractivity (Wildman–Crippen MR) is 37.1 cm³/mol. The first-order valence-electron chi connectivity index (χ1n) is 3.48. The second-order valence-corrected chi connectivity index (χ2v) is 2.50. The number of ketones is 1. The number of carboxylic acids is 1. The minimum Gasteiger partial charge on any atom is -0.481 e. The average Bonchev–Trinajstić information content (AvgIpc) is 1.84. The Morgan fingerprint density at radius 1 is 1.42 bits per heavy atom. The maximum absolute atomic E-state index is 12.4. The van der Waals surface area contributed by atoms with Crippen LogP contribution < -0.4 is 0 Å². The number of carboxylic acid groups (broad SMARTS) is 1. The lowest BCUT2D eigenvalue weighted by molar-refractivity contribution is -0.141. The van der Waals surface area contributed by atoms with E-state index in [9.17, 15) is 18.4 Å². The van der Waals surface area contributed by atoms with Crippen LogP contribution in [0.3, 0.4) is 0 Å². The third-order valence-electron chi connectivity index (χ3n) is 1.32. The lowest BCUT2D eigenvalue weighted by Crippen LogP contribution is -2.21. The Hall–Kier alpha value is -1.00. The molecule has 0 amide bonds. The van der Waals surface area contributed by atoms with Crippen LogP contribution in [0, 0.1) is 0 Å². The first-order valence-corrected chi connectivity index (χ1v) is 3.48. The SMILES string of the molecule is CCC(F)(F)CC(=O)CC(=O)O. The molecule has 0 aliphatic heterocycles. The number of halogens is 2. The molecule has 1 N–H and O–H groups in total. The van der Waals surface area contributed by atoms with E-state index in [-0.39, 0.29) is 0 Å². The van der Waals surface area contributed by atoms with Crippen LogP contribution in [0.15, 0.2) is 0 Å². The van der Waals surface area contributed by atoms with Gasteiger partial charge in [0.15, 0.2) is 0 Å². The van der Waals surface area contributed by atoms with Crippen molar-refractivity contribution < 1.29 is 23.5 Å². The topological polar surface area (TPSA) is 54.4 Å². The summed E-state index contributed by atoms with van der Waals surface area (Å²) in [4.78, 5) is 20.5. The van der Waals surface area contributed by atoms with Crippen molar-refractivity contribution >= 4 is 11.8 Å². The standard InChI is InChI=1S/C7H10F2O3/c1-2-7(8,9)4-5(10)3-6(11)12/h2-4H2,1H3,(H,11,12). The van der Waals surface area contributed by atoms with Gasteiger partial charge in [-0.25, -0.2) is 8.78 Å². The summed E-state index contributed by atoms with van der Waals surface area (Å²) in [5, 5.41) is 8.09. The molecule has 0 aliphatic carbocycles. The van der Waals surface area contributed by atoms with Gasteiger partial charge in [0.25, 0.3) is 5.92 Å². The van der Waals surface area contributed by atoms with Crippen molar-refractivity contribution in [3.63, 3.8) is 0 Å². The molecule has 0 aromatic carbocycles. The predicted octanol–water partition coefficient (Wildman–Crippen LogP) is 1.47. The molecule has 0 fully saturated rings. The molecule has 0 saturated carbocycles. The van der Waals surface area contributed by atoms with Gasteiger partial charge in [-0.2, -0.15) is 0 Å². The maximum Gasteiger partial charge on any atom is 0.310 e. The molecule has 0 spiro atoms. The van der Waals surface area contributed by atoms with Gasteiger partial charge < -0.3 is 5.11 Å². The van der Waals surface area contributed by atoms with Crippen molar-refractivity contribution in [1.82, 2.24) is 0 Å². The van der Waals surface area contributed by atoms with Gasteiger partial charge in [0.05, 0.1) is 6.42 Å². The van der Waals surface area contributed by atoms with Crippen molar-refractivity contribution in [2.24, 2.45) is 0 Å². The summed E-state index contributed by atoms with van der Waals surface area (Å²) in [6.07, 6.45) is -2.25.